The molecule has 3 N–H and O–H groups in total. The average molecular weight is 226 g/mol. The normalized spacial score (nSPS) is 17.1. The second kappa shape index (κ2) is 5.49. The minimum atomic E-state index is -0.349. The van der Waals surface area contributed by atoms with Crippen LogP contribution >= 0.6 is 11.8 Å². The lowest BCUT2D eigenvalue weighted by molar-refractivity contribution is 0.196. The fraction of sp³-hybridized carbons (Fsp3) is 0.545. The lowest BCUT2D eigenvalue weighted by Crippen LogP contribution is -2.16. The van der Waals surface area contributed by atoms with Gasteiger partial charge in [-0.05, 0) is 19.9 Å². The maximum absolute atomic E-state index is 9.43. The van der Waals surface area contributed by atoms with Gasteiger partial charge in [-0.25, -0.2) is 4.98 Å². The first kappa shape index (κ1) is 12.5. The quantitative estimate of drug-likeness (QED) is 0.771. The Kier molecular flexibility index (Phi) is 4.57. The standard InChI is InChI=1S/C11H18N2OS/c1-7(12)10-5-4-6-13-11(10)15-9(3)8(2)14/h4-9,14H,12H2,1-3H3/t7-,8?,9?/m1/s1. The van der Waals surface area contributed by atoms with E-state index >= 15 is 0 Å². The third-order valence-electron chi connectivity index (χ3n) is 2.27. The second-order valence-electron chi connectivity index (χ2n) is 3.75. The third kappa shape index (κ3) is 3.48. The lowest BCUT2D eigenvalue weighted by Gasteiger charge is -2.16. The summed E-state index contributed by atoms with van der Waals surface area (Å²) in [5.41, 5.74) is 6.89. The zero-order valence-corrected chi connectivity index (χ0v) is 10.2. The molecule has 3 atom stereocenters. The van der Waals surface area contributed by atoms with Gasteiger partial charge >= 0.3 is 0 Å². The number of nitrogens with two attached hydrogens (primary N) is 1. The zero-order valence-electron chi connectivity index (χ0n) is 9.34. The van der Waals surface area contributed by atoms with Gasteiger partial charge in [0.15, 0.2) is 0 Å². The van der Waals surface area contributed by atoms with Gasteiger partial charge in [-0.1, -0.05) is 13.0 Å². The topological polar surface area (TPSA) is 59.1 Å². The van der Waals surface area contributed by atoms with Crippen molar-refractivity contribution in [2.45, 2.75) is 43.2 Å². The predicted molar refractivity (Wildman–Crippen MR) is 63.8 cm³/mol. The van der Waals surface area contributed by atoms with Gasteiger partial charge in [-0.15, -0.1) is 11.8 Å². The smallest absolute Gasteiger partial charge is 0.101 e. The molecule has 0 radical (unpaired) electrons. The van der Waals surface area contributed by atoms with E-state index in [1.165, 1.54) is 0 Å². The summed E-state index contributed by atoms with van der Waals surface area (Å²) in [4.78, 5) is 4.29. The number of nitrogens with zero attached hydrogens (tertiary/aromatic N) is 1. The first-order valence-corrected chi connectivity index (χ1v) is 5.95. The van der Waals surface area contributed by atoms with E-state index in [4.69, 9.17) is 5.73 Å². The molecule has 0 bridgehead atoms. The molecule has 15 heavy (non-hydrogen) atoms. The minimum absolute atomic E-state index is 0.0256. The van der Waals surface area contributed by atoms with E-state index in [0.29, 0.717) is 0 Å². The van der Waals surface area contributed by atoms with Gasteiger partial charge in [0.1, 0.15) is 5.03 Å². The Morgan fingerprint density at radius 3 is 2.60 bits per heavy atom. The summed E-state index contributed by atoms with van der Waals surface area (Å²) < 4.78 is 0. The number of rotatable bonds is 4. The minimum Gasteiger partial charge on any atom is -0.392 e. The fourth-order valence-electron chi connectivity index (χ4n) is 1.12. The van der Waals surface area contributed by atoms with Gasteiger partial charge < -0.3 is 10.8 Å². The molecule has 0 spiro atoms. The van der Waals surface area contributed by atoms with Crippen molar-refractivity contribution in [1.29, 1.82) is 0 Å². The molecular formula is C11H18N2OS. The molecule has 0 aliphatic carbocycles. The van der Waals surface area contributed by atoms with Gasteiger partial charge in [0.25, 0.3) is 0 Å². The van der Waals surface area contributed by atoms with Crippen molar-refractivity contribution in [3.05, 3.63) is 23.9 Å². The monoisotopic (exact) mass is 226 g/mol. The summed E-state index contributed by atoms with van der Waals surface area (Å²) in [6.07, 6.45) is 1.40. The van der Waals surface area contributed by atoms with Crippen molar-refractivity contribution >= 4 is 11.8 Å². The molecule has 1 heterocycles. The van der Waals surface area contributed by atoms with Crippen LogP contribution in [0.4, 0.5) is 0 Å². The number of aliphatic hydroxyl groups is 1. The number of hydrogen-bond donors (Lipinski definition) is 2. The molecule has 1 aromatic rings. The summed E-state index contributed by atoms with van der Waals surface area (Å²) in [5.74, 6) is 0. The molecule has 0 fully saturated rings. The highest BCUT2D eigenvalue weighted by Gasteiger charge is 2.15. The summed E-state index contributed by atoms with van der Waals surface area (Å²) in [5, 5.41) is 10.5. The van der Waals surface area contributed by atoms with E-state index in [2.05, 4.69) is 4.98 Å². The summed E-state index contributed by atoms with van der Waals surface area (Å²) in [7, 11) is 0. The molecule has 1 aromatic heterocycles. The van der Waals surface area contributed by atoms with Gasteiger partial charge in [0.05, 0.1) is 6.10 Å². The van der Waals surface area contributed by atoms with Gasteiger partial charge in [0.2, 0.25) is 0 Å². The molecule has 0 amide bonds. The van der Waals surface area contributed by atoms with Crippen LogP contribution in [0.1, 0.15) is 32.4 Å². The van der Waals surface area contributed by atoms with Crippen LogP contribution in [0.15, 0.2) is 23.4 Å². The lowest BCUT2D eigenvalue weighted by atomic mass is 10.2. The molecule has 84 valence electrons. The molecule has 0 saturated carbocycles. The average Bonchev–Trinajstić information content (AvgIpc) is 2.18. The van der Waals surface area contributed by atoms with Crippen LogP contribution in [-0.4, -0.2) is 21.4 Å². The first-order valence-electron chi connectivity index (χ1n) is 5.07. The Bertz CT molecular complexity index is 315. The zero-order chi connectivity index (χ0) is 11.4. The van der Waals surface area contributed by atoms with Crippen molar-refractivity contribution in [3.63, 3.8) is 0 Å². The number of aromatic nitrogens is 1. The molecule has 0 saturated heterocycles. The van der Waals surface area contributed by atoms with Crippen molar-refractivity contribution in [2.75, 3.05) is 0 Å². The predicted octanol–water partition coefficient (Wildman–Crippen LogP) is 1.96. The molecule has 4 heteroatoms. The van der Waals surface area contributed by atoms with Crippen LogP contribution in [0, 0.1) is 0 Å². The van der Waals surface area contributed by atoms with E-state index in [-0.39, 0.29) is 17.4 Å². The van der Waals surface area contributed by atoms with Crippen LogP contribution in [0.5, 0.6) is 0 Å². The summed E-state index contributed by atoms with van der Waals surface area (Å²) >= 11 is 1.57. The van der Waals surface area contributed by atoms with Crippen LogP contribution in [0.3, 0.4) is 0 Å². The maximum atomic E-state index is 9.43. The van der Waals surface area contributed by atoms with Crippen LogP contribution < -0.4 is 5.73 Å². The van der Waals surface area contributed by atoms with Gasteiger partial charge in [-0.3, -0.25) is 0 Å². The highest BCUT2D eigenvalue weighted by atomic mass is 32.2. The van der Waals surface area contributed by atoms with Crippen molar-refractivity contribution in [1.82, 2.24) is 4.98 Å². The fourth-order valence-corrected chi connectivity index (χ4v) is 2.18. The van der Waals surface area contributed by atoms with Gasteiger partial charge in [0, 0.05) is 23.1 Å². The SMILES string of the molecule is CC(O)C(C)Sc1ncccc1[C@@H](C)N. The molecule has 3 nitrogen and oxygen atoms in total. The van der Waals surface area contributed by atoms with E-state index in [1.54, 1.807) is 24.9 Å². The summed E-state index contributed by atoms with van der Waals surface area (Å²) in [6.45, 7) is 5.70. The second-order valence-corrected chi connectivity index (χ2v) is 5.12. The van der Waals surface area contributed by atoms with E-state index in [0.717, 1.165) is 10.6 Å². The first-order chi connectivity index (χ1) is 7.02. The molecule has 0 aliphatic rings. The number of hydrogen-bond acceptors (Lipinski definition) is 4. The number of pyridine rings is 1. The highest BCUT2D eigenvalue weighted by molar-refractivity contribution is 7.99. The molecule has 0 aromatic carbocycles. The van der Waals surface area contributed by atoms with Gasteiger partial charge in [-0.2, -0.15) is 0 Å². The van der Waals surface area contributed by atoms with Crippen molar-refractivity contribution in [3.8, 4) is 0 Å². The Balaban J connectivity index is 2.84. The van der Waals surface area contributed by atoms with Crippen molar-refractivity contribution in [2.24, 2.45) is 5.73 Å². The number of thioether (sulfide) groups is 1. The Morgan fingerprint density at radius 2 is 2.07 bits per heavy atom. The van der Waals surface area contributed by atoms with E-state index < -0.39 is 0 Å². The molecular weight excluding hydrogens is 208 g/mol. The molecule has 1 rings (SSSR count). The number of aliphatic hydroxyl groups excluding tert-OH is 1. The van der Waals surface area contributed by atoms with Crippen LogP contribution in [0.25, 0.3) is 0 Å². The molecule has 2 unspecified atom stereocenters. The van der Waals surface area contributed by atoms with Crippen molar-refractivity contribution < 1.29 is 5.11 Å². The third-order valence-corrected chi connectivity index (χ3v) is 3.60. The largest absolute Gasteiger partial charge is 0.392 e. The van der Waals surface area contributed by atoms with E-state index in [1.807, 2.05) is 26.0 Å². The molecule has 0 aliphatic heterocycles. The highest BCUT2D eigenvalue weighted by Crippen LogP contribution is 2.28. The van der Waals surface area contributed by atoms with Crippen LogP contribution in [0.2, 0.25) is 0 Å². The Morgan fingerprint density at radius 1 is 1.40 bits per heavy atom. The Hall–Kier alpha value is -0.580. The Labute approximate surface area is 95.1 Å². The van der Waals surface area contributed by atoms with E-state index in [9.17, 15) is 5.11 Å². The van der Waals surface area contributed by atoms with Crippen LogP contribution in [-0.2, 0) is 0 Å². The summed E-state index contributed by atoms with van der Waals surface area (Å²) in [6, 6.07) is 3.84. The maximum Gasteiger partial charge on any atom is 0.101 e.